The van der Waals surface area contributed by atoms with Gasteiger partial charge in [0.15, 0.2) is 0 Å². The molecule has 2 N–H and O–H groups in total. The fourth-order valence-electron chi connectivity index (χ4n) is 3.13. The van der Waals surface area contributed by atoms with E-state index >= 15 is 0 Å². The van der Waals surface area contributed by atoms with E-state index < -0.39 is 0 Å². The van der Waals surface area contributed by atoms with Crippen LogP contribution in [0.3, 0.4) is 0 Å². The molecule has 2 saturated heterocycles. The lowest BCUT2D eigenvalue weighted by Gasteiger charge is -2.22. The Hall–Kier alpha value is -1.30. The minimum absolute atomic E-state index is 0. The van der Waals surface area contributed by atoms with E-state index in [4.69, 9.17) is 9.47 Å². The smallest absolute Gasteiger partial charge is 0.227 e. The molecule has 0 bridgehead atoms. The first-order valence-corrected chi connectivity index (χ1v) is 8.59. The fraction of sp³-hybridized carbons (Fsp3) is 0.611. The Balaban J connectivity index is 0.00000208. The van der Waals surface area contributed by atoms with Gasteiger partial charge in [0.2, 0.25) is 5.91 Å². The van der Waals surface area contributed by atoms with Crippen LogP contribution in [0.15, 0.2) is 18.2 Å². The first-order chi connectivity index (χ1) is 11.2. The maximum Gasteiger partial charge on any atom is 0.227 e. The Kier molecular flexibility index (Phi) is 7.34. The highest BCUT2D eigenvalue weighted by Gasteiger charge is 2.22. The summed E-state index contributed by atoms with van der Waals surface area (Å²) in [5, 5.41) is 6.34. The van der Waals surface area contributed by atoms with Crippen molar-refractivity contribution < 1.29 is 14.3 Å². The summed E-state index contributed by atoms with van der Waals surface area (Å²) in [5.74, 6) is 0.920. The van der Waals surface area contributed by atoms with Gasteiger partial charge in [-0.15, -0.1) is 12.4 Å². The third-order valence-corrected chi connectivity index (χ3v) is 4.55. The van der Waals surface area contributed by atoms with Crippen molar-refractivity contribution in [2.24, 2.45) is 5.92 Å². The summed E-state index contributed by atoms with van der Waals surface area (Å²) in [6.45, 7) is 5.21. The molecule has 3 rings (SSSR count). The van der Waals surface area contributed by atoms with Crippen LogP contribution >= 0.6 is 12.4 Å². The summed E-state index contributed by atoms with van der Waals surface area (Å²) in [6, 6.07) is 5.91. The summed E-state index contributed by atoms with van der Waals surface area (Å²) in [6.07, 6.45) is 4.10. The third kappa shape index (κ3) is 5.10. The first kappa shape index (κ1) is 19.0. The summed E-state index contributed by atoms with van der Waals surface area (Å²) in [5.41, 5.74) is 1.88. The minimum Gasteiger partial charge on any atom is -0.489 e. The predicted octanol–water partition coefficient (Wildman–Crippen LogP) is 2.91. The molecule has 24 heavy (non-hydrogen) atoms. The summed E-state index contributed by atoms with van der Waals surface area (Å²) < 4.78 is 11.5. The molecule has 0 aromatic heterocycles. The third-order valence-electron chi connectivity index (χ3n) is 4.55. The number of anilines is 1. The van der Waals surface area contributed by atoms with Crippen LogP contribution in [0.1, 0.15) is 31.2 Å². The molecular weight excluding hydrogens is 328 g/mol. The molecule has 2 aliphatic rings. The topological polar surface area (TPSA) is 59.6 Å². The van der Waals surface area contributed by atoms with Crippen molar-refractivity contribution >= 4 is 24.0 Å². The number of piperidine rings is 1. The number of hydrogen-bond donors (Lipinski definition) is 2. The van der Waals surface area contributed by atoms with Crippen molar-refractivity contribution in [3.05, 3.63) is 23.8 Å². The van der Waals surface area contributed by atoms with Crippen LogP contribution in [0, 0.1) is 12.8 Å². The Morgan fingerprint density at radius 1 is 1.33 bits per heavy atom. The second-order valence-electron chi connectivity index (χ2n) is 6.46. The van der Waals surface area contributed by atoms with Gasteiger partial charge >= 0.3 is 0 Å². The largest absolute Gasteiger partial charge is 0.489 e. The van der Waals surface area contributed by atoms with Crippen molar-refractivity contribution in [3.63, 3.8) is 0 Å². The van der Waals surface area contributed by atoms with Gasteiger partial charge in [-0.25, -0.2) is 0 Å². The van der Waals surface area contributed by atoms with Crippen LogP contribution in [-0.4, -0.2) is 38.3 Å². The van der Waals surface area contributed by atoms with Crippen molar-refractivity contribution in [2.45, 2.75) is 38.7 Å². The lowest BCUT2D eigenvalue weighted by atomic mass is 9.97. The molecule has 1 unspecified atom stereocenters. The summed E-state index contributed by atoms with van der Waals surface area (Å²) >= 11 is 0. The Bertz CT molecular complexity index is 541. The average molecular weight is 355 g/mol. The monoisotopic (exact) mass is 354 g/mol. The molecule has 6 heteroatoms. The van der Waals surface area contributed by atoms with E-state index in [1.807, 2.05) is 25.1 Å². The zero-order valence-electron chi connectivity index (χ0n) is 14.2. The SMILES string of the molecule is Cc1ccc(NC(=O)C2CCNCC2)c(OCC2CCCO2)c1.Cl. The van der Waals surface area contributed by atoms with E-state index in [1.54, 1.807) is 0 Å². The Labute approximate surface area is 149 Å². The number of nitrogens with one attached hydrogen (secondary N) is 2. The van der Waals surface area contributed by atoms with Gasteiger partial charge in [-0.05, 0) is 63.4 Å². The quantitative estimate of drug-likeness (QED) is 0.853. The second-order valence-corrected chi connectivity index (χ2v) is 6.46. The summed E-state index contributed by atoms with van der Waals surface area (Å²) in [7, 11) is 0. The molecule has 1 amide bonds. The van der Waals surface area contributed by atoms with Gasteiger partial charge in [0.05, 0.1) is 11.8 Å². The van der Waals surface area contributed by atoms with Crippen molar-refractivity contribution in [3.8, 4) is 5.75 Å². The van der Waals surface area contributed by atoms with Gasteiger partial charge < -0.3 is 20.1 Å². The van der Waals surface area contributed by atoms with E-state index in [2.05, 4.69) is 10.6 Å². The Morgan fingerprint density at radius 3 is 2.83 bits per heavy atom. The maximum absolute atomic E-state index is 12.4. The first-order valence-electron chi connectivity index (χ1n) is 8.59. The maximum atomic E-state index is 12.4. The number of ether oxygens (including phenoxy) is 2. The van der Waals surface area contributed by atoms with E-state index in [9.17, 15) is 4.79 Å². The highest BCUT2D eigenvalue weighted by atomic mass is 35.5. The second kappa shape index (κ2) is 9.25. The normalized spacial score (nSPS) is 21.1. The zero-order chi connectivity index (χ0) is 16.1. The molecular formula is C18H27ClN2O3. The Morgan fingerprint density at radius 2 is 2.12 bits per heavy atom. The van der Waals surface area contributed by atoms with Crippen LogP contribution in [0.25, 0.3) is 0 Å². The van der Waals surface area contributed by atoms with E-state index in [1.165, 1.54) is 0 Å². The molecule has 0 radical (unpaired) electrons. The summed E-state index contributed by atoms with van der Waals surface area (Å²) in [4.78, 5) is 12.4. The number of aryl methyl sites for hydroxylation is 1. The molecule has 0 spiro atoms. The molecule has 2 heterocycles. The zero-order valence-corrected chi connectivity index (χ0v) is 15.0. The number of benzene rings is 1. The number of hydrogen-bond acceptors (Lipinski definition) is 4. The lowest BCUT2D eigenvalue weighted by molar-refractivity contribution is -0.120. The number of halogens is 1. The van der Waals surface area contributed by atoms with Gasteiger partial charge in [-0.1, -0.05) is 6.07 Å². The lowest BCUT2D eigenvalue weighted by Crippen LogP contribution is -2.34. The van der Waals surface area contributed by atoms with Crippen LogP contribution < -0.4 is 15.4 Å². The highest BCUT2D eigenvalue weighted by Crippen LogP contribution is 2.28. The van der Waals surface area contributed by atoms with Crippen molar-refractivity contribution in [2.75, 3.05) is 31.6 Å². The van der Waals surface area contributed by atoms with Crippen LogP contribution in [0.4, 0.5) is 5.69 Å². The van der Waals surface area contributed by atoms with Gasteiger partial charge in [0.1, 0.15) is 12.4 Å². The molecule has 2 aliphatic heterocycles. The fourth-order valence-corrected chi connectivity index (χ4v) is 3.13. The molecule has 2 fully saturated rings. The van der Waals surface area contributed by atoms with Crippen molar-refractivity contribution in [1.29, 1.82) is 0 Å². The number of amides is 1. The van der Waals surface area contributed by atoms with Crippen LogP contribution in [0.5, 0.6) is 5.75 Å². The molecule has 134 valence electrons. The molecule has 1 aromatic carbocycles. The van der Waals surface area contributed by atoms with Gasteiger partial charge in [-0.2, -0.15) is 0 Å². The molecule has 1 aromatic rings. The number of carbonyl (C=O) groups excluding carboxylic acids is 1. The highest BCUT2D eigenvalue weighted by molar-refractivity contribution is 5.94. The molecule has 5 nitrogen and oxygen atoms in total. The van der Waals surface area contributed by atoms with Crippen LogP contribution in [0.2, 0.25) is 0 Å². The molecule has 0 saturated carbocycles. The number of rotatable bonds is 5. The average Bonchev–Trinajstić information content (AvgIpc) is 3.09. The van der Waals surface area contributed by atoms with E-state index in [0.717, 1.165) is 62.4 Å². The van der Waals surface area contributed by atoms with Gasteiger partial charge in [0.25, 0.3) is 0 Å². The van der Waals surface area contributed by atoms with Crippen LogP contribution in [-0.2, 0) is 9.53 Å². The molecule has 1 atom stereocenters. The standard InChI is InChI=1S/C18H26N2O3.ClH/c1-13-4-5-16(20-18(21)14-6-8-19-9-7-14)17(11-13)23-12-15-3-2-10-22-15;/h4-5,11,14-15,19H,2-3,6-10,12H2,1H3,(H,20,21);1H. The van der Waals surface area contributed by atoms with Gasteiger partial charge in [0, 0.05) is 12.5 Å². The van der Waals surface area contributed by atoms with E-state index in [-0.39, 0.29) is 30.3 Å². The van der Waals surface area contributed by atoms with Gasteiger partial charge in [-0.3, -0.25) is 4.79 Å². The van der Waals surface area contributed by atoms with Crippen molar-refractivity contribution in [1.82, 2.24) is 5.32 Å². The minimum atomic E-state index is 0. The number of carbonyl (C=O) groups is 1. The van der Waals surface area contributed by atoms with E-state index in [0.29, 0.717) is 6.61 Å². The predicted molar refractivity (Wildman–Crippen MR) is 97.1 cm³/mol. The molecule has 0 aliphatic carbocycles.